The van der Waals surface area contributed by atoms with Gasteiger partial charge in [-0.2, -0.15) is 0 Å². The van der Waals surface area contributed by atoms with Crippen molar-refractivity contribution < 1.29 is 9.53 Å². The Kier molecular flexibility index (Phi) is 6.09. The fourth-order valence-electron chi connectivity index (χ4n) is 11.4. The molecule has 0 aromatic heterocycles. The molecule has 0 radical (unpaired) electrons. The molecule has 5 fully saturated rings. The molecule has 0 heterocycles. The first-order valence-corrected chi connectivity index (χ1v) is 15.1. The minimum absolute atomic E-state index is 0.0816. The van der Waals surface area contributed by atoms with Crippen LogP contribution < -0.4 is 0 Å². The maximum atomic E-state index is 11.7. The van der Waals surface area contributed by atoms with E-state index in [1.165, 1.54) is 64.2 Å². The van der Waals surface area contributed by atoms with Gasteiger partial charge in [-0.25, -0.2) is 0 Å². The van der Waals surface area contributed by atoms with Crippen molar-refractivity contribution >= 4 is 5.97 Å². The van der Waals surface area contributed by atoms with Gasteiger partial charge in [0.05, 0.1) is 0 Å². The molecule has 0 aromatic rings. The Hall–Kier alpha value is -0.530. The first-order chi connectivity index (χ1) is 15.9. The van der Waals surface area contributed by atoms with Crippen molar-refractivity contribution in [3.05, 3.63) is 0 Å². The Morgan fingerprint density at radius 2 is 1.62 bits per heavy atom. The number of hydrogen-bond donors (Lipinski definition) is 0. The van der Waals surface area contributed by atoms with Crippen molar-refractivity contribution in [2.75, 3.05) is 0 Å². The van der Waals surface area contributed by atoms with Gasteiger partial charge in [-0.15, -0.1) is 0 Å². The highest BCUT2D eigenvalue weighted by Crippen LogP contribution is 2.88. The van der Waals surface area contributed by atoms with E-state index in [1.807, 2.05) is 0 Å². The molecule has 2 heteroatoms. The zero-order valence-electron chi connectivity index (χ0n) is 23.7. The SMILES string of the molecule is CC(=O)O[C@H]1CC[C@]23C[C@@]24CC[C@]2(C)[C@@H]([C@H](C)CC[C@@H](C)C(C)C)CC[C@@]2(C)[C@H]4CC[C@@H]3[C@@H]1C. The molecule has 2 spiro atoms. The summed E-state index contributed by atoms with van der Waals surface area (Å²) in [5, 5.41) is 0. The summed E-state index contributed by atoms with van der Waals surface area (Å²) >= 11 is 0. The van der Waals surface area contributed by atoms with Gasteiger partial charge < -0.3 is 4.74 Å². The first kappa shape index (κ1) is 25.1. The Labute approximate surface area is 210 Å². The molecule has 0 amide bonds. The fourth-order valence-corrected chi connectivity index (χ4v) is 11.4. The van der Waals surface area contributed by atoms with Gasteiger partial charge in [-0.1, -0.05) is 61.3 Å². The predicted octanol–water partition coefficient (Wildman–Crippen LogP) is 8.68. The summed E-state index contributed by atoms with van der Waals surface area (Å²) < 4.78 is 5.81. The van der Waals surface area contributed by atoms with Crippen LogP contribution in [0.2, 0.25) is 0 Å². The molecule has 0 aliphatic heterocycles. The van der Waals surface area contributed by atoms with Crippen molar-refractivity contribution in [2.45, 2.75) is 132 Å². The van der Waals surface area contributed by atoms with E-state index in [1.54, 1.807) is 6.92 Å². The summed E-state index contributed by atoms with van der Waals surface area (Å²) in [6.45, 7) is 19.3. The van der Waals surface area contributed by atoms with Crippen LogP contribution >= 0.6 is 0 Å². The van der Waals surface area contributed by atoms with Crippen molar-refractivity contribution in [2.24, 2.45) is 63.1 Å². The molecule has 5 aliphatic rings. The number of esters is 1. The molecule has 5 saturated carbocycles. The highest BCUT2D eigenvalue weighted by atomic mass is 16.5. The number of rotatable bonds is 6. The van der Waals surface area contributed by atoms with E-state index < -0.39 is 0 Å². The summed E-state index contributed by atoms with van der Waals surface area (Å²) in [5.74, 6) is 5.61. The molecule has 0 N–H and O–H groups in total. The fraction of sp³-hybridized carbons (Fsp3) is 0.969. The molecule has 0 bridgehead atoms. The van der Waals surface area contributed by atoms with E-state index >= 15 is 0 Å². The van der Waals surface area contributed by atoms with Crippen molar-refractivity contribution in [3.63, 3.8) is 0 Å². The van der Waals surface area contributed by atoms with Gasteiger partial charge in [0.15, 0.2) is 0 Å². The van der Waals surface area contributed by atoms with Gasteiger partial charge in [0, 0.05) is 6.92 Å². The normalized spacial score (nSPS) is 51.0. The molecule has 11 atom stereocenters. The molecular formula is C32H54O2. The summed E-state index contributed by atoms with van der Waals surface area (Å²) in [7, 11) is 0. The Morgan fingerprint density at radius 3 is 2.29 bits per heavy atom. The molecule has 0 unspecified atom stereocenters. The number of hydrogen-bond acceptors (Lipinski definition) is 2. The number of fused-ring (bicyclic) bond motifs is 2. The van der Waals surface area contributed by atoms with Gasteiger partial charge in [-0.3, -0.25) is 4.79 Å². The standard InChI is InChI=1S/C32H54O2/c1-20(2)21(3)9-10-22(4)25-13-15-30(8)28-12-11-26-23(5)27(34-24(6)33)14-16-31(26)19-32(28,31)18-17-29(25,30)7/h20-23,25-28H,9-19H2,1-8H3/t21-,22-,23+,25-,26-,27+,28-,29-,30+,31-,32-/m1/s1. The third-order valence-electron chi connectivity index (χ3n) is 13.9. The quantitative estimate of drug-likeness (QED) is 0.363. The van der Waals surface area contributed by atoms with Crippen LogP contribution in [0.4, 0.5) is 0 Å². The molecule has 194 valence electrons. The van der Waals surface area contributed by atoms with Crippen LogP contribution in [-0.4, -0.2) is 12.1 Å². The lowest BCUT2D eigenvalue weighted by molar-refractivity contribution is -0.165. The summed E-state index contributed by atoms with van der Waals surface area (Å²) in [6, 6.07) is 0. The van der Waals surface area contributed by atoms with Crippen LogP contribution in [0.15, 0.2) is 0 Å². The summed E-state index contributed by atoms with van der Waals surface area (Å²) in [5.41, 5.74) is 2.25. The first-order valence-electron chi connectivity index (χ1n) is 15.1. The van der Waals surface area contributed by atoms with Crippen LogP contribution in [0.5, 0.6) is 0 Å². The summed E-state index contributed by atoms with van der Waals surface area (Å²) in [6.07, 6.45) is 15.6. The molecule has 5 aliphatic carbocycles. The highest BCUT2D eigenvalue weighted by Gasteiger charge is 2.81. The second-order valence-electron chi connectivity index (χ2n) is 15.0. The van der Waals surface area contributed by atoms with Gasteiger partial charge in [0.1, 0.15) is 6.10 Å². The van der Waals surface area contributed by atoms with Gasteiger partial charge in [0.2, 0.25) is 0 Å². The topological polar surface area (TPSA) is 26.3 Å². The molecule has 0 saturated heterocycles. The van der Waals surface area contributed by atoms with Crippen LogP contribution in [0.25, 0.3) is 0 Å². The lowest BCUT2D eigenvalue weighted by Crippen LogP contribution is -2.56. The minimum Gasteiger partial charge on any atom is -0.462 e. The van der Waals surface area contributed by atoms with E-state index in [-0.39, 0.29) is 12.1 Å². The highest BCUT2D eigenvalue weighted by molar-refractivity contribution is 5.66. The predicted molar refractivity (Wildman–Crippen MR) is 140 cm³/mol. The van der Waals surface area contributed by atoms with Gasteiger partial charge >= 0.3 is 5.97 Å². The molecule has 2 nitrogen and oxygen atoms in total. The van der Waals surface area contributed by atoms with Crippen molar-refractivity contribution in [1.29, 1.82) is 0 Å². The lowest BCUT2D eigenvalue weighted by Gasteiger charge is -2.62. The largest absolute Gasteiger partial charge is 0.462 e. The summed E-state index contributed by atoms with van der Waals surface area (Å²) in [4.78, 5) is 11.7. The van der Waals surface area contributed by atoms with Gasteiger partial charge in [0.25, 0.3) is 0 Å². The zero-order chi connectivity index (χ0) is 24.7. The Balaban J connectivity index is 1.34. The van der Waals surface area contributed by atoms with Crippen LogP contribution in [0.1, 0.15) is 126 Å². The molecule has 5 rings (SSSR count). The molecule has 34 heavy (non-hydrogen) atoms. The number of carbonyl (C=O) groups excluding carboxylic acids is 1. The Bertz CT molecular complexity index is 803. The second-order valence-corrected chi connectivity index (χ2v) is 15.0. The van der Waals surface area contributed by atoms with Crippen LogP contribution in [0, 0.1) is 63.1 Å². The molecule has 0 aromatic carbocycles. The second kappa shape index (κ2) is 8.24. The monoisotopic (exact) mass is 470 g/mol. The van der Waals surface area contributed by atoms with Crippen LogP contribution in [0.3, 0.4) is 0 Å². The average molecular weight is 471 g/mol. The third kappa shape index (κ3) is 3.27. The van der Waals surface area contributed by atoms with Gasteiger partial charge in [-0.05, 0) is 121 Å². The lowest BCUT2D eigenvalue weighted by atomic mass is 9.43. The third-order valence-corrected chi connectivity index (χ3v) is 13.9. The van der Waals surface area contributed by atoms with E-state index in [4.69, 9.17) is 4.74 Å². The van der Waals surface area contributed by atoms with E-state index in [0.29, 0.717) is 27.6 Å². The average Bonchev–Trinajstić information content (AvgIpc) is 3.36. The smallest absolute Gasteiger partial charge is 0.302 e. The van der Waals surface area contributed by atoms with Crippen LogP contribution in [-0.2, 0) is 9.53 Å². The zero-order valence-corrected chi connectivity index (χ0v) is 23.7. The molecular weight excluding hydrogens is 416 g/mol. The van der Waals surface area contributed by atoms with Crippen molar-refractivity contribution in [1.82, 2.24) is 0 Å². The minimum atomic E-state index is -0.0816. The van der Waals surface area contributed by atoms with Crippen molar-refractivity contribution in [3.8, 4) is 0 Å². The number of carbonyl (C=O) groups is 1. The van der Waals surface area contributed by atoms with E-state index in [2.05, 4.69) is 48.5 Å². The number of ether oxygens (including phenoxy) is 1. The Morgan fingerprint density at radius 1 is 0.882 bits per heavy atom. The van der Waals surface area contributed by atoms with E-state index in [9.17, 15) is 4.79 Å². The van der Waals surface area contributed by atoms with E-state index in [0.717, 1.165) is 41.9 Å². The maximum Gasteiger partial charge on any atom is 0.302 e. The maximum absolute atomic E-state index is 11.7.